The summed E-state index contributed by atoms with van der Waals surface area (Å²) in [5, 5.41) is 15.0. The number of aliphatic hydroxyl groups is 1. The molecule has 1 heterocycles. The quantitative estimate of drug-likeness (QED) is 0.844. The van der Waals surface area contributed by atoms with E-state index in [4.69, 9.17) is 4.52 Å². The zero-order valence-corrected chi connectivity index (χ0v) is 11.8. The van der Waals surface area contributed by atoms with Crippen LogP contribution < -0.4 is 5.32 Å². The van der Waals surface area contributed by atoms with E-state index in [1.54, 1.807) is 5.32 Å². The molecule has 124 valence electrons. The molecular formula is C14H12F4N2O3. The van der Waals surface area contributed by atoms with E-state index in [9.17, 15) is 27.5 Å². The van der Waals surface area contributed by atoms with Crippen LogP contribution in [-0.2, 0) is 0 Å². The Bertz CT molecular complexity index is 693. The van der Waals surface area contributed by atoms with Crippen molar-refractivity contribution in [2.75, 3.05) is 6.54 Å². The molecule has 5 nitrogen and oxygen atoms in total. The highest BCUT2D eigenvalue weighted by molar-refractivity contribution is 5.94. The van der Waals surface area contributed by atoms with E-state index in [1.165, 1.54) is 19.1 Å². The molecule has 0 spiro atoms. The lowest BCUT2D eigenvalue weighted by molar-refractivity contribution is -0.123. The summed E-state index contributed by atoms with van der Waals surface area (Å²) in [6, 6.07) is 4.96. The van der Waals surface area contributed by atoms with E-state index in [1.807, 2.05) is 0 Å². The van der Waals surface area contributed by atoms with Gasteiger partial charge in [-0.3, -0.25) is 4.79 Å². The number of carbonyl (C=O) groups excluding carboxylic acids is 1. The van der Waals surface area contributed by atoms with E-state index in [0.717, 1.165) is 12.1 Å². The summed E-state index contributed by atoms with van der Waals surface area (Å²) in [5.74, 6) is -2.18. The molecule has 1 unspecified atom stereocenters. The molecule has 2 aromatic rings. The summed E-state index contributed by atoms with van der Waals surface area (Å²) in [4.78, 5) is 11.8. The second-order valence-corrected chi connectivity index (χ2v) is 4.75. The molecule has 0 aliphatic rings. The van der Waals surface area contributed by atoms with Crippen molar-refractivity contribution in [1.29, 1.82) is 0 Å². The Morgan fingerprint density at radius 2 is 1.96 bits per heavy atom. The van der Waals surface area contributed by atoms with Crippen LogP contribution in [-0.4, -0.2) is 28.9 Å². The van der Waals surface area contributed by atoms with Gasteiger partial charge in [-0.15, -0.1) is 0 Å². The second-order valence-electron chi connectivity index (χ2n) is 4.75. The Morgan fingerprint density at radius 3 is 2.48 bits per heavy atom. The second kappa shape index (κ2) is 6.37. The first kappa shape index (κ1) is 16.9. The minimum Gasteiger partial charge on any atom is -0.388 e. The lowest BCUT2D eigenvalue weighted by atomic mass is 10.0. The number of hydrogen-bond acceptors (Lipinski definition) is 4. The van der Waals surface area contributed by atoms with Gasteiger partial charge >= 0.3 is 6.18 Å². The number of alkyl halides is 3. The van der Waals surface area contributed by atoms with Crippen LogP contribution in [0.5, 0.6) is 0 Å². The molecular weight excluding hydrogens is 320 g/mol. The minimum atomic E-state index is -4.58. The van der Waals surface area contributed by atoms with Gasteiger partial charge in [-0.05, 0) is 31.2 Å². The average molecular weight is 332 g/mol. The fourth-order valence-electron chi connectivity index (χ4n) is 1.93. The molecule has 0 fully saturated rings. The van der Waals surface area contributed by atoms with Crippen molar-refractivity contribution >= 4 is 5.91 Å². The number of nitrogens with zero attached hydrogens (tertiary/aromatic N) is 1. The summed E-state index contributed by atoms with van der Waals surface area (Å²) in [6.07, 6.45) is -5.81. The van der Waals surface area contributed by atoms with Gasteiger partial charge in [0.05, 0.1) is 11.7 Å². The number of nitrogens with one attached hydrogen (secondary N) is 1. The Morgan fingerprint density at radius 1 is 1.35 bits per heavy atom. The number of benzene rings is 1. The van der Waals surface area contributed by atoms with Gasteiger partial charge in [-0.25, -0.2) is 4.39 Å². The maximum Gasteiger partial charge on any atom is 0.405 e. The lowest BCUT2D eigenvalue weighted by Gasteiger charge is -2.09. The fraction of sp³-hybridized carbons (Fsp3) is 0.286. The Labute approximate surface area is 127 Å². The van der Waals surface area contributed by atoms with Crippen molar-refractivity contribution in [2.45, 2.75) is 19.2 Å². The average Bonchev–Trinajstić information content (AvgIpc) is 2.90. The van der Waals surface area contributed by atoms with Crippen LogP contribution in [0.1, 0.15) is 29.1 Å². The van der Waals surface area contributed by atoms with E-state index < -0.39 is 36.3 Å². The van der Waals surface area contributed by atoms with Crippen LogP contribution in [0.25, 0.3) is 11.3 Å². The summed E-state index contributed by atoms with van der Waals surface area (Å²) in [6.45, 7) is -0.238. The van der Waals surface area contributed by atoms with E-state index in [0.29, 0.717) is 5.56 Å². The first-order chi connectivity index (χ1) is 10.7. The molecule has 1 amide bonds. The normalized spacial score (nSPS) is 13.0. The molecule has 0 aliphatic heterocycles. The van der Waals surface area contributed by atoms with Crippen LogP contribution in [0.4, 0.5) is 17.6 Å². The van der Waals surface area contributed by atoms with Gasteiger partial charge < -0.3 is 14.9 Å². The Hall–Kier alpha value is -2.42. The molecule has 0 radical (unpaired) electrons. The van der Waals surface area contributed by atoms with Crippen molar-refractivity contribution in [2.24, 2.45) is 0 Å². The van der Waals surface area contributed by atoms with Gasteiger partial charge in [-0.1, -0.05) is 5.16 Å². The maximum absolute atomic E-state index is 12.9. The molecule has 9 heteroatoms. The molecule has 0 saturated heterocycles. The molecule has 0 saturated carbocycles. The fourth-order valence-corrected chi connectivity index (χ4v) is 1.93. The van der Waals surface area contributed by atoms with Gasteiger partial charge in [0.25, 0.3) is 5.91 Å². The zero-order valence-electron chi connectivity index (χ0n) is 11.8. The Kier molecular flexibility index (Phi) is 4.69. The van der Waals surface area contributed by atoms with Crippen LogP contribution >= 0.6 is 0 Å². The van der Waals surface area contributed by atoms with Gasteiger partial charge in [0.2, 0.25) is 5.76 Å². The molecule has 1 aromatic heterocycles. The van der Waals surface area contributed by atoms with Crippen LogP contribution in [0.2, 0.25) is 0 Å². The number of aliphatic hydroxyl groups excluding tert-OH is 1. The van der Waals surface area contributed by atoms with Gasteiger partial charge in [0.15, 0.2) is 0 Å². The molecule has 2 N–H and O–H groups in total. The lowest BCUT2D eigenvalue weighted by Crippen LogP contribution is -2.34. The summed E-state index contributed by atoms with van der Waals surface area (Å²) >= 11 is 0. The van der Waals surface area contributed by atoms with Crippen molar-refractivity contribution < 1.29 is 32.0 Å². The zero-order chi connectivity index (χ0) is 17.2. The monoisotopic (exact) mass is 332 g/mol. The number of hydrogen-bond donors (Lipinski definition) is 2. The standard InChI is InChI=1S/C14H12F4N2O3/c1-7(21)10-11(8-2-4-9(15)5-3-8)20-23-12(10)13(22)19-6-14(16,17)18/h2-5,7,21H,6H2,1H3,(H,19,22). The van der Waals surface area contributed by atoms with Crippen LogP contribution in [0.15, 0.2) is 28.8 Å². The first-order valence-corrected chi connectivity index (χ1v) is 6.47. The third kappa shape index (κ3) is 4.07. The van der Waals surface area contributed by atoms with E-state index in [2.05, 4.69) is 5.16 Å². The number of halogens is 4. The SMILES string of the molecule is CC(O)c1c(-c2ccc(F)cc2)noc1C(=O)NCC(F)(F)F. The van der Waals surface area contributed by atoms with Crippen molar-refractivity contribution in [3.63, 3.8) is 0 Å². The summed E-state index contributed by atoms with van der Waals surface area (Å²) in [7, 11) is 0. The van der Waals surface area contributed by atoms with E-state index >= 15 is 0 Å². The van der Waals surface area contributed by atoms with Crippen molar-refractivity contribution in [3.05, 3.63) is 41.4 Å². The number of carbonyl (C=O) groups is 1. The third-order valence-corrected chi connectivity index (χ3v) is 2.92. The smallest absolute Gasteiger partial charge is 0.388 e. The molecule has 23 heavy (non-hydrogen) atoms. The van der Waals surface area contributed by atoms with Crippen molar-refractivity contribution in [1.82, 2.24) is 10.5 Å². The molecule has 0 aliphatic carbocycles. The van der Waals surface area contributed by atoms with Gasteiger partial charge in [0.1, 0.15) is 18.1 Å². The molecule has 2 rings (SSSR count). The minimum absolute atomic E-state index is 0.0529. The van der Waals surface area contributed by atoms with Gasteiger partial charge in [0, 0.05) is 5.56 Å². The van der Waals surface area contributed by atoms with Gasteiger partial charge in [-0.2, -0.15) is 13.2 Å². The van der Waals surface area contributed by atoms with E-state index in [-0.39, 0.29) is 11.3 Å². The summed E-state index contributed by atoms with van der Waals surface area (Å²) < 4.78 is 54.2. The molecule has 1 atom stereocenters. The highest BCUT2D eigenvalue weighted by atomic mass is 19.4. The first-order valence-electron chi connectivity index (χ1n) is 6.47. The van der Waals surface area contributed by atoms with Crippen LogP contribution in [0.3, 0.4) is 0 Å². The van der Waals surface area contributed by atoms with Crippen molar-refractivity contribution in [3.8, 4) is 11.3 Å². The maximum atomic E-state index is 12.9. The highest BCUT2D eigenvalue weighted by Gasteiger charge is 2.31. The summed E-state index contributed by atoms with van der Waals surface area (Å²) in [5.41, 5.74) is 0.328. The largest absolute Gasteiger partial charge is 0.405 e. The predicted molar refractivity (Wildman–Crippen MR) is 70.9 cm³/mol. The molecule has 0 bridgehead atoms. The number of rotatable bonds is 4. The third-order valence-electron chi connectivity index (χ3n) is 2.92. The number of amides is 1. The molecule has 1 aromatic carbocycles. The topological polar surface area (TPSA) is 75.4 Å². The highest BCUT2D eigenvalue weighted by Crippen LogP contribution is 2.30. The van der Waals surface area contributed by atoms with Crippen LogP contribution in [0, 0.1) is 5.82 Å². The Balaban J connectivity index is 2.35. The number of aromatic nitrogens is 1. The predicted octanol–water partition coefficient (Wildman–Crippen LogP) is 2.83.